The van der Waals surface area contributed by atoms with Gasteiger partial charge in [0.05, 0.1) is 0 Å². The number of hydrogen-bond donors (Lipinski definition) is 0. The monoisotopic (exact) mass is 410 g/mol. The molecule has 2 bridgehead atoms. The van der Waals surface area contributed by atoms with Crippen molar-refractivity contribution >= 4 is 10.2 Å². The van der Waals surface area contributed by atoms with Gasteiger partial charge in [0.25, 0.3) is 0 Å². The molecule has 0 heterocycles. The zero-order valence-corrected chi connectivity index (χ0v) is 16.9. The lowest BCUT2D eigenvalue weighted by Gasteiger charge is -2.54. The summed E-state index contributed by atoms with van der Waals surface area (Å²) >= 11 is 0. The first kappa shape index (κ1) is 20.9. The highest BCUT2D eigenvalue weighted by molar-refractivity contribution is 8.45. The first-order valence-corrected chi connectivity index (χ1v) is 12.2. The molecule has 0 aliphatic heterocycles. The van der Waals surface area contributed by atoms with E-state index in [9.17, 15) is 19.4 Å². The van der Waals surface area contributed by atoms with Crippen molar-refractivity contribution in [3.05, 3.63) is 29.8 Å². The van der Waals surface area contributed by atoms with Gasteiger partial charge in [-0.15, -0.1) is 0 Å². The number of hydrogen-bond acceptors (Lipinski definition) is 0. The van der Waals surface area contributed by atoms with Crippen LogP contribution >= 0.6 is 10.2 Å². The number of halogens is 5. The van der Waals surface area contributed by atoms with Crippen LogP contribution in [-0.4, -0.2) is 0 Å². The molecule has 0 nitrogen and oxygen atoms in total. The number of benzene rings is 1. The molecule has 0 amide bonds. The van der Waals surface area contributed by atoms with E-state index in [4.69, 9.17) is 0 Å². The van der Waals surface area contributed by atoms with Crippen molar-refractivity contribution in [2.45, 2.75) is 94.3 Å². The number of rotatable bonds is 8. The van der Waals surface area contributed by atoms with E-state index in [0.29, 0.717) is 17.5 Å². The summed E-state index contributed by atoms with van der Waals surface area (Å²) in [7, 11) is -9.58. The fourth-order valence-corrected chi connectivity index (χ4v) is 5.89. The summed E-state index contributed by atoms with van der Waals surface area (Å²) in [6.07, 6.45) is 13.9. The largest absolute Gasteiger partial charge is 0.310 e. The molecule has 1 aromatic rings. The van der Waals surface area contributed by atoms with Crippen LogP contribution in [0.1, 0.15) is 89.5 Å². The van der Waals surface area contributed by atoms with Crippen molar-refractivity contribution in [3.8, 4) is 0 Å². The smallest absolute Gasteiger partial charge is 0.0936 e. The maximum Gasteiger partial charge on any atom is 0.310 e. The van der Waals surface area contributed by atoms with E-state index in [1.807, 2.05) is 0 Å². The predicted molar refractivity (Wildman–Crippen MR) is 103 cm³/mol. The van der Waals surface area contributed by atoms with Gasteiger partial charge >= 0.3 is 10.2 Å². The maximum atomic E-state index is 13.0. The molecular formula is C21H31F5S. The van der Waals surface area contributed by atoms with Gasteiger partial charge in [0, 0.05) is 0 Å². The van der Waals surface area contributed by atoms with Gasteiger partial charge in [0.1, 0.15) is 4.90 Å². The lowest BCUT2D eigenvalue weighted by Crippen LogP contribution is -2.44. The minimum atomic E-state index is -9.58. The first-order valence-electron chi connectivity index (χ1n) is 10.2. The van der Waals surface area contributed by atoms with Crippen molar-refractivity contribution in [3.63, 3.8) is 0 Å². The Labute approximate surface area is 159 Å². The van der Waals surface area contributed by atoms with E-state index in [0.717, 1.165) is 44.1 Å². The van der Waals surface area contributed by atoms with Crippen molar-refractivity contribution in [2.75, 3.05) is 0 Å². The van der Waals surface area contributed by atoms with Gasteiger partial charge in [-0.2, -0.15) is 0 Å². The number of unbranched alkanes of at least 4 members (excludes halogenated alkanes) is 4. The van der Waals surface area contributed by atoms with Gasteiger partial charge in [-0.1, -0.05) is 70.6 Å². The van der Waals surface area contributed by atoms with Crippen LogP contribution < -0.4 is 0 Å². The lowest BCUT2D eigenvalue weighted by atomic mass is 9.51. The Hall–Kier alpha value is -0.780. The molecule has 0 N–H and O–H groups in total. The van der Waals surface area contributed by atoms with Gasteiger partial charge < -0.3 is 0 Å². The fraction of sp³-hybridized carbons (Fsp3) is 0.714. The molecule has 0 unspecified atom stereocenters. The topological polar surface area (TPSA) is 0 Å². The molecule has 0 atom stereocenters. The van der Waals surface area contributed by atoms with E-state index in [1.54, 1.807) is 0 Å². The highest BCUT2D eigenvalue weighted by atomic mass is 32.5. The third-order valence-corrected chi connectivity index (χ3v) is 8.29. The average Bonchev–Trinajstić information content (AvgIpc) is 2.61. The summed E-state index contributed by atoms with van der Waals surface area (Å²) in [5.41, 5.74) is 1.11. The second kappa shape index (κ2) is 6.36. The molecule has 0 radical (unpaired) electrons. The van der Waals surface area contributed by atoms with Crippen LogP contribution in [0.15, 0.2) is 29.2 Å². The van der Waals surface area contributed by atoms with Crippen LogP contribution in [0.2, 0.25) is 0 Å². The molecule has 3 saturated carbocycles. The zero-order chi connectivity index (χ0) is 19.9. The van der Waals surface area contributed by atoms with Crippen molar-refractivity contribution < 1.29 is 19.4 Å². The predicted octanol–water partition coefficient (Wildman–Crippen LogP) is 9.30. The molecule has 0 saturated heterocycles. The zero-order valence-electron chi connectivity index (χ0n) is 16.1. The molecule has 0 spiro atoms. The van der Waals surface area contributed by atoms with E-state index < -0.39 is 15.1 Å². The molecule has 156 valence electrons. The molecule has 0 aromatic heterocycles. The Balaban J connectivity index is 1.64. The van der Waals surface area contributed by atoms with Gasteiger partial charge in [0.2, 0.25) is 0 Å². The van der Waals surface area contributed by atoms with Crippen molar-refractivity contribution in [1.82, 2.24) is 0 Å². The molecule has 6 heteroatoms. The maximum absolute atomic E-state index is 13.0. The summed E-state index contributed by atoms with van der Waals surface area (Å²) in [5.74, 6) is 0. The Morgan fingerprint density at radius 1 is 0.741 bits per heavy atom. The van der Waals surface area contributed by atoms with Crippen LogP contribution in [-0.2, 0) is 5.41 Å². The van der Waals surface area contributed by atoms with Crippen molar-refractivity contribution in [2.24, 2.45) is 5.41 Å². The summed E-state index contributed by atoms with van der Waals surface area (Å²) in [5, 5.41) is 0. The van der Waals surface area contributed by atoms with Crippen molar-refractivity contribution in [1.29, 1.82) is 0 Å². The molecular weight excluding hydrogens is 379 g/mol. The Kier molecular flexibility index (Phi) is 4.93. The molecule has 4 rings (SSSR count). The average molecular weight is 411 g/mol. The highest BCUT2D eigenvalue weighted by Gasteiger charge is 2.65. The quantitative estimate of drug-likeness (QED) is 0.296. The molecule has 1 aromatic carbocycles. The van der Waals surface area contributed by atoms with Gasteiger partial charge in [0.15, 0.2) is 0 Å². The Bertz CT molecular complexity index is 638. The highest BCUT2D eigenvalue weighted by Crippen LogP contribution is 3.02. The van der Waals surface area contributed by atoms with Crippen LogP contribution in [0.3, 0.4) is 0 Å². The normalized spacial score (nSPS) is 30.7. The summed E-state index contributed by atoms with van der Waals surface area (Å²) in [6, 6.07) is 3.79. The minimum absolute atomic E-state index is 0.111. The van der Waals surface area contributed by atoms with Crippen LogP contribution in [0, 0.1) is 5.41 Å². The van der Waals surface area contributed by atoms with Crippen LogP contribution in [0.5, 0.6) is 0 Å². The van der Waals surface area contributed by atoms with E-state index in [-0.39, 0.29) is 5.41 Å². The Morgan fingerprint density at radius 3 is 1.74 bits per heavy atom. The molecule has 3 aliphatic carbocycles. The van der Waals surface area contributed by atoms with Gasteiger partial charge in [-0.05, 0) is 73.5 Å². The van der Waals surface area contributed by atoms with Crippen LogP contribution in [0.25, 0.3) is 0 Å². The standard InChI is InChI=1S/C21H31F5S/c1-2-3-4-5-6-11-20-12-15-21(16-13-20,17-14-20)18-7-9-19(10-8-18)27(22,23,24,25)26/h7-10H,2-6,11-17H2,1H3. The minimum Gasteiger partial charge on any atom is -0.0936 e. The molecule has 3 fully saturated rings. The lowest BCUT2D eigenvalue weighted by molar-refractivity contribution is 0.0304. The number of fused-ring (bicyclic) bond motifs is 3. The van der Waals surface area contributed by atoms with Gasteiger partial charge in [-0.25, -0.2) is 0 Å². The third-order valence-electron chi connectivity index (χ3n) is 7.12. The SMILES string of the molecule is CCCCCCCC12CCC(c3ccc(S(F)(F)(F)(F)F)cc3)(CC1)CC2. The summed E-state index contributed by atoms with van der Waals surface area (Å²) in [6.45, 7) is 2.21. The van der Waals surface area contributed by atoms with Gasteiger partial charge in [-0.3, -0.25) is 0 Å². The molecule has 3 aliphatic rings. The second-order valence-electron chi connectivity index (χ2n) is 8.94. The fourth-order valence-electron chi connectivity index (χ4n) is 5.24. The Morgan fingerprint density at radius 2 is 1.26 bits per heavy atom. The summed E-state index contributed by atoms with van der Waals surface area (Å²) in [4.78, 5) is -1.77. The summed E-state index contributed by atoms with van der Waals surface area (Å²) < 4.78 is 64.8. The van der Waals surface area contributed by atoms with E-state index >= 15 is 0 Å². The van der Waals surface area contributed by atoms with E-state index in [2.05, 4.69) is 6.92 Å². The first-order chi connectivity index (χ1) is 12.4. The second-order valence-corrected chi connectivity index (χ2v) is 11.3. The molecule has 27 heavy (non-hydrogen) atoms. The third kappa shape index (κ3) is 4.63. The van der Waals surface area contributed by atoms with Crippen LogP contribution in [0.4, 0.5) is 19.4 Å². The van der Waals surface area contributed by atoms with E-state index in [1.165, 1.54) is 50.7 Å².